The van der Waals surface area contributed by atoms with Gasteiger partial charge < -0.3 is 25.0 Å². The highest BCUT2D eigenvalue weighted by molar-refractivity contribution is 5.96. The van der Waals surface area contributed by atoms with E-state index in [1.165, 1.54) is 11.9 Å². The maximum atomic E-state index is 12.9. The van der Waals surface area contributed by atoms with Crippen molar-refractivity contribution in [2.45, 2.75) is 58.7 Å². The minimum atomic E-state index is -0.960. The second kappa shape index (κ2) is 14.8. The molecule has 3 aromatic carbocycles. The summed E-state index contributed by atoms with van der Waals surface area (Å²) in [4.78, 5) is 37.3. The van der Waals surface area contributed by atoms with Gasteiger partial charge in [0.1, 0.15) is 17.8 Å². The molecule has 2 N–H and O–H groups in total. The number of hydrogen-bond donors (Lipinski definition) is 2. The fraction of sp³-hybridized carbons (Fsp3) is 0.333. The van der Waals surface area contributed by atoms with Crippen molar-refractivity contribution < 1.29 is 19.4 Å². The van der Waals surface area contributed by atoms with Gasteiger partial charge in [-0.3, -0.25) is 4.79 Å². The predicted octanol–water partition coefficient (Wildman–Crippen LogP) is 6.26. The number of nitrogens with zero attached hydrogens (tertiary/aromatic N) is 4. The zero-order valence-electron chi connectivity index (χ0n) is 26.1. The summed E-state index contributed by atoms with van der Waals surface area (Å²) < 4.78 is 5.98. The zero-order chi connectivity index (χ0) is 31.8. The number of anilines is 1. The van der Waals surface area contributed by atoms with Crippen molar-refractivity contribution in [2.75, 3.05) is 24.5 Å². The van der Waals surface area contributed by atoms with E-state index >= 15 is 0 Å². The van der Waals surface area contributed by atoms with Crippen molar-refractivity contribution in [2.24, 2.45) is 0 Å². The molecule has 1 aliphatic rings. The van der Waals surface area contributed by atoms with Crippen LogP contribution in [-0.2, 0) is 6.54 Å². The second-order valence-corrected chi connectivity index (χ2v) is 11.7. The Hall–Kier alpha value is -4.76. The summed E-state index contributed by atoms with van der Waals surface area (Å²) in [6, 6.07) is 25.5. The van der Waals surface area contributed by atoms with Crippen LogP contribution in [0.15, 0.2) is 85.2 Å². The maximum Gasteiger partial charge on any atom is 0.335 e. The van der Waals surface area contributed by atoms with E-state index in [4.69, 9.17) is 9.84 Å². The number of carbonyl (C=O) groups is 2. The normalized spacial score (nSPS) is 14.5. The molecule has 1 amide bonds. The molecule has 2 heterocycles. The Balaban J connectivity index is 1.18. The Bertz CT molecular complexity index is 1550. The summed E-state index contributed by atoms with van der Waals surface area (Å²) in [6.45, 7) is 9.46. The van der Waals surface area contributed by atoms with Crippen LogP contribution < -0.4 is 15.0 Å². The van der Waals surface area contributed by atoms with Crippen LogP contribution in [0.4, 0.5) is 5.69 Å². The molecule has 0 bridgehead atoms. The van der Waals surface area contributed by atoms with Gasteiger partial charge in [0.25, 0.3) is 5.91 Å². The van der Waals surface area contributed by atoms with Crippen LogP contribution in [0.25, 0.3) is 0 Å². The lowest BCUT2D eigenvalue weighted by atomic mass is 10.0. The van der Waals surface area contributed by atoms with Gasteiger partial charge in [-0.2, -0.15) is 0 Å². The molecule has 1 fully saturated rings. The molecule has 1 unspecified atom stereocenters. The number of carbonyl (C=O) groups excluding carboxylic acids is 1. The summed E-state index contributed by atoms with van der Waals surface area (Å²) >= 11 is 0. The van der Waals surface area contributed by atoms with Crippen molar-refractivity contribution >= 4 is 17.6 Å². The summed E-state index contributed by atoms with van der Waals surface area (Å²) in [5.74, 6) is 0.219. The third-order valence-electron chi connectivity index (χ3n) is 8.41. The first-order valence-electron chi connectivity index (χ1n) is 15.5. The number of benzene rings is 3. The van der Waals surface area contributed by atoms with E-state index in [0.717, 1.165) is 51.1 Å². The molecular formula is C36H41N5O4. The van der Waals surface area contributed by atoms with Crippen LogP contribution in [0.1, 0.15) is 63.9 Å². The van der Waals surface area contributed by atoms with E-state index in [1.54, 1.807) is 24.3 Å². The van der Waals surface area contributed by atoms with Crippen molar-refractivity contribution in [3.05, 3.63) is 113 Å². The molecule has 9 heteroatoms. The number of rotatable bonds is 12. The van der Waals surface area contributed by atoms with E-state index in [0.29, 0.717) is 34.5 Å². The highest BCUT2D eigenvalue weighted by Crippen LogP contribution is 2.30. The smallest absolute Gasteiger partial charge is 0.335 e. The Morgan fingerprint density at radius 2 is 1.53 bits per heavy atom. The number of ether oxygens (including phenoxy) is 1. The lowest BCUT2D eigenvalue weighted by Crippen LogP contribution is -2.46. The summed E-state index contributed by atoms with van der Waals surface area (Å²) in [7, 11) is 0. The number of aromatic carboxylic acids is 1. The number of nitrogens with one attached hydrogen (secondary N) is 1. The zero-order valence-corrected chi connectivity index (χ0v) is 26.1. The average Bonchev–Trinajstić information content (AvgIpc) is 3.04. The van der Waals surface area contributed by atoms with Crippen molar-refractivity contribution in [3.63, 3.8) is 0 Å². The number of carboxylic acids is 1. The first-order chi connectivity index (χ1) is 21.8. The lowest BCUT2D eigenvalue weighted by molar-refractivity contribution is 0.0696. The molecule has 1 aromatic heterocycles. The van der Waals surface area contributed by atoms with Crippen LogP contribution in [0.3, 0.4) is 0 Å². The van der Waals surface area contributed by atoms with Crippen LogP contribution in [0.5, 0.6) is 11.5 Å². The number of hydrogen-bond acceptors (Lipinski definition) is 7. The van der Waals surface area contributed by atoms with Gasteiger partial charge in [0, 0.05) is 44.0 Å². The Kier molecular flexibility index (Phi) is 10.4. The maximum absolute atomic E-state index is 12.9. The topological polar surface area (TPSA) is 108 Å². The first-order valence-corrected chi connectivity index (χ1v) is 15.5. The van der Waals surface area contributed by atoms with Gasteiger partial charge in [-0.05, 0) is 94.1 Å². The van der Waals surface area contributed by atoms with Crippen LogP contribution in [0.2, 0.25) is 0 Å². The summed E-state index contributed by atoms with van der Waals surface area (Å²) in [5.41, 5.74) is 4.59. The van der Waals surface area contributed by atoms with Crippen LogP contribution >= 0.6 is 0 Å². The number of piperidine rings is 1. The van der Waals surface area contributed by atoms with Gasteiger partial charge >= 0.3 is 5.97 Å². The van der Waals surface area contributed by atoms with E-state index in [1.807, 2.05) is 32.0 Å². The fourth-order valence-electron chi connectivity index (χ4n) is 5.84. The number of aromatic nitrogens is 2. The molecule has 0 radical (unpaired) electrons. The van der Waals surface area contributed by atoms with E-state index in [9.17, 15) is 9.59 Å². The lowest BCUT2D eigenvalue weighted by Gasteiger charge is -2.40. The largest absolute Gasteiger partial charge is 0.478 e. The highest BCUT2D eigenvalue weighted by Gasteiger charge is 2.26. The van der Waals surface area contributed by atoms with Crippen molar-refractivity contribution in [1.82, 2.24) is 20.2 Å². The highest BCUT2D eigenvalue weighted by atomic mass is 16.5. The minimum absolute atomic E-state index is 0.0413. The van der Waals surface area contributed by atoms with Crippen molar-refractivity contribution in [1.29, 1.82) is 0 Å². The van der Waals surface area contributed by atoms with Crippen LogP contribution in [-0.4, -0.2) is 63.6 Å². The minimum Gasteiger partial charge on any atom is -0.478 e. The van der Waals surface area contributed by atoms with E-state index in [-0.39, 0.29) is 17.5 Å². The summed E-state index contributed by atoms with van der Waals surface area (Å²) in [5, 5.41) is 12.3. The molecule has 1 aliphatic heterocycles. The molecule has 9 nitrogen and oxygen atoms in total. The van der Waals surface area contributed by atoms with E-state index < -0.39 is 5.97 Å². The quantitative estimate of drug-likeness (QED) is 0.194. The SMILES string of the molecule is Cc1ncnc(C)c1C(=O)NC(C)CCN1CCC(N(Cc2ccccc2)c2ccc(Oc3ccc(C(=O)O)cc3)cc2)CC1. The molecule has 1 saturated heterocycles. The van der Waals surface area contributed by atoms with Gasteiger partial charge in [-0.15, -0.1) is 0 Å². The molecule has 4 aromatic rings. The van der Waals surface area contributed by atoms with Gasteiger partial charge in [-0.25, -0.2) is 14.8 Å². The van der Waals surface area contributed by atoms with Gasteiger partial charge in [0.05, 0.1) is 22.5 Å². The van der Waals surface area contributed by atoms with Gasteiger partial charge in [0.15, 0.2) is 0 Å². The molecule has 0 saturated carbocycles. The van der Waals surface area contributed by atoms with Gasteiger partial charge in [-0.1, -0.05) is 30.3 Å². The fourth-order valence-corrected chi connectivity index (χ4v) is 5.84. The number of likely N-dealkylation sites (tertiary alicyclic amines) is 1. The number of aryl methyl sites for hydroxylation is 2. The first kappa shape index (κ1) is 31.7. The molecule has 234 valence electrons. The van der Waals surface area contributed by atoms with Crippen LogP contribution in [0, 0.1) is 13.8 Å². The third kappa shape index (κ3) is 8.45. The molecule has 0 spiro atoms. The monoisotopic (exact) mass is 607 g/mol. The van der Waals surface area contributed by atoms with E-state index in [2.05, 4.69) is 68.4 Å². The van der Waals surface area contributed by atoms with Crippen molar-refractivity contribution in [3.8, 4) is 11.5 Å². The molecule has 0 aliphatic carbocycles. The average molecular weight is 608 g/mol. The summed E-state index contributed by atoms with van der Waals surface area (Å²) in [6.07, 6.45) is 4.45. The molecule has 45 heavy (non-hydrogen) atoms. The second-order valence-electron chi connectivity index (χ2n) is 11.7. The number of carboxylic acid groups (broad SMARTS) is 1. The Morgan fingerprint density at radius 3 is 2.13 bits per heavy atom. The van der Waals surface area contributed by atoms with Gasteiger partial charge in [0.2, 0.25) is 0 Å². The standard InChI is InChI=1S/C36H41N5O4/c1-25(39-35(42)34-26(2)37-24-38-27(34)3)17-20-40-21-18-31(19-22-40)41(23-28-7-5-4-6-8-28)30-11-15-33(16-12-30)45-32-13-9-29(10-14-32)36(43)44/h4-16,24-25,31H,17-23H2,1-3H3,(H,39,42)(H,43,44). The molecule has 5 rings (SSSR count). The Labute approximate surface area is 264 Å². The number of amides is 1. The Morgan fingerprint density at radius 1 is 0.933 bits per heavy atom. The third-order valence-corrected chi connectivity index (χ3v) is 8.41. The molecule has 1 atom stereocenters. The predicted molar refractivity (Wildman–Crippen MR) is 175 cm³/mol. The molecular weight excluding hydrogens is 566 g/mol.